The monoisotopic (exact) mass is 291 g/mol. The van der Waals surface area contributed by atoms with Crippen LogP contribution in [0, 0.1) is 11.6 Å². The lowest BCUT2D eigenvalue weighted by atomic mass is 10.1. The lowest BCUT2D eigenvalue weighted by Gasteiger charge is -2.33. The highest BCUT2D eigenvalue weighted by atomic mass is 32.2. The minimum Gasteiger partial charge on any atom is -0.395 e. The maximum Gasteiger partial charge on any atom is 0.249 e. The van der Waals surface area contributed by atoms with Gasteiger partial charge >= 0.3 is 0 Å². The van der Waals surface area contributed by atoms with Crippen LogP contribution < -0.4 is 0 Å². The Morgan fingerprint density at radius 2 is 1.89 bits per heavy atom. The smallest absolute Gasteiger partial charge is 0.249 e. The van der Waals surface area contributed by atoms with Crippen molar-refractivity contribution in [1.82, 2.24) is 4.31 Å². The third-order valence-electron chi connectivity index (χ3n) is 3.27. The fraction of sp³-hybridized carbons (Fsp3) is 0.500. The largest absolute Gasteiger partial charge is 0.395 e. The summed E-state index contributed by atoms with van der Waals surface area (Å²) in [6.07, 6.45) is 1.90. The van der Waals surface area contributed by atoms with E-state index in [0.717, 1.165) is 28.9 Å². The van der Waals surface area contributed by atoms with Crippen LogP contribution in [0.2, 0.25) is 0 Å². The van der Waals surface area contributed by atoms with Crippen molar-refractivity contribution in [1.29, 1.82) is 0 Å². The molecule has 1 saturated heterocycles. The Bertz CT molecular complexity index is 542. The van der Waals surface area contributed by atoms with Gasteiger partial charge in [-0.1, -0.05) is 12.5 Å². The van der Waals surface area contributed by atoms with Crippen LogP contribution in [0.4, 0.5) is 8.78 Å². The van der Waals surface area contributed by atoms with Crippen LogP contribution in [-0.2, 0) is 10.0 Å². The van der Waals surface area contributed by atoms with Crippen molar-refractivity contribution in [2.75, 3.05) is 13.2 Å². The maximum absolute atomic E-state index is 13.6. The summed E-state index contributed by atoms with van der Waals surface area (Å²) >= 11 is 0. The molecule has 0 saturated carbocycles. The standard InChI is InChI=1S/C12H15F2NO3S/c13-10-5-3-6-11(14)12(10)19(17,18)15-7-2-1-4-9(15)8-16/h3,5-6,9,16H,1-2,4,7-8H2. The van der Waals surface area contributed by atoms with Crippen molar-refractivity contribution in [2.45, 2.75) is 30.2 Å². The highest BCUT2D eigenvalue weighted by Crippen LogP contribution is 2.28. The minimum absolute atomic E-state index is 0.168. The Balaban J connectivity index is 2.47. The van der Waals surface area contributed by atoms with Crippen molar-refractivity contribution in [3.05, 3.63) is 29.8 Å². The van der Waals surface area contributed by atoms with Gasteiger partial charge in [-0.15, -0.1) is 0 Å². The molecule has 1 heterocycles. The summed E-state index contributed by atoms with van der Waals surface area (Å²) in [6.45, 7) is -0.184. The fourth-order valence-electron chi connectivity index (χ4n) is 2.32. The van der Waals surface area contributed by atoms with Crippen LogP contribution in [0.15, 0.2) is 23.1 Å². The molecule has 1 atom stereocenters. The summed E-state index contributed by atoms with van der Waals surface area (Å²) in [5, 5.41) is 9.22. The van der Waals surface area contributed by atoms with Gasteiger partial charge in [0.25, 0.3) is 0 Å². The van der Waals surface area contributed by atoms with E-state index < -0.39 is 32.6 Å². The van der Waals surface area contributed by atoms with E-state index in [1.54, 1.807) is 0 Å². The summed E-state index contributed by atoms with van der Waals surface area (Å²) in [5.74, 6) is -2.22. The maximum atomic E-state index is 13.6. The Morgan fingerprint density at radius 3 is 2.47 bits per heavy atom. The second-order valence-electron chi connectivity index (χ2n) is 4.50. The summed E-state index contributed by atoms with van der Waals surface area (Å²) in [7, 11) is -4.26. The van der Waals surface area contributed by atoms with Gasteiger partial charge in [0, 0.05) is 12.6 Å². The molecular weight excluding hydrogens is 276 g/mol. The van der Waals surface area contributed by atoms with Crippen molar-refractivity contribution in [3.63, 3.8) is 0 Å². The van der Waals surface area contributed by atoms with Crippen molar-refractivity contribution >= 4 is 10.0 Å². The molecule has 0 amide bonds. The Morgan fingerprint density at radius 1 is 1.26 bits per heavy atom. The van der Waals surface area contributed by atoms with Crippen LogP contribution in [0.5, 0.6) is 0 Å². The predicted molar refractivity (Wildman–Crippen MR) is 65.0 cm³/mol. The van der Waals surface area contributed by atoms with Gasteiger partial charge < -0.3 is 5.11 Å². The van der Waals surface area contributed by atoms with E-state index in [2.05, 4.69) is 0 Å². The Labute approximate surface area is 110 Å². The molecule has 4 nitrogen and oxygen atoms in total. The molecule has 2 rings (SSSR count). The molecule has 1 aliphatic rings. The molecule has 1 N–H and O–H groups in total. The molecule has 0 aromatic heterocycles. The van der Waals surface area contributed by atoms with Gasteiger partial charge in [-0.3, -0.25) is 0 Å². The van der Waals surface area contributed by atoms with Crippen LogP contribution in [0.25, 0.3) is 0 Å². The van der Waals surface area contributed by atoms with Crippen LogP contribution in [0.3, 0.4) is 0 Å². The number of aliphatic hydroxyl groups excluding tert-OH is 1. The molecule has 0 radical (unpaired) electrons. The van der Waals surface area contributed by atoms with E-state index in [1.807, 2.05) is 0 Å². The van der Waals surface area contributed by atoms with Crippen molar-refractivity contribution < 1.29 is 22.3 Å². The SMILES string of the molecule is O=S(=O)(c1c(F)cccc1F)N1CCCCC1CO. The first-order chi connectivity index (χ1) is 8.98. The van der Waals surface area contributed by atoms with Gasteiger partial charge in [0.05, 0.1) is 6.61 Å². The van der Waals surface area contributed by atoms with Crippen molar-refractivity contribution in [2.24, 2.45) is 0 Å². The molecule has 1 aromatic carbocycles. The third-order valence-corrected chi connectivity index (χ3v) is 5.27. The molecule has 1 unspecified atom stereocenters. The summed E-state index contributed by atoms with van der Waals surface area (Å²) in [4.78, 5) is -0.935. The number of benzene rings is 1. The van der Waals surface area contributed by atoms with E-state index in [1.165, 1.54) is 0 Å². The molecule has 0 spiro atoms. The number of aliphatic hydroxyl groups is 1. The molecule has 106 valence electrons. The first-order valence-electron chi connectivity index (χ1n) is 6.05. The molecule has 0 aliphatic carbocycles. The van der Waals surface area contributed by atoms with Gasteiger partial charge in [0.1, 0.15) is 11.6 Å². The van der Waals surface area contributed by atoms with Gasteiger partial charge in [0.15, 0.2) is 4.90 Å². The van der Waals surface area contributed by atoms with Crippen molar-refractivity contribution in [3.8, 4) is 0 Å². The van der Waals surface area contributed by atoms with Gasteiger partial charge in [-0.25, -0.2) is 17.2 Å². The van der Waals surface area contributed by atoms with E-state index in [4.69, 9.17) is 0 Å². The highest BCUT2D eigenvalue weighted by molar-refractivity contribution is 7.89. The Kier molecular flexibility index (Phi) is 4.17. The fourth-order valence-corrected chi connectivity index (χ4v) is 4.12. The zero-order valence-corrected chi connectivity index (χ0v) is 11.0. The zero-order valence-electron chi connectivity index (χ0n) is 10.2. The number of sulfonamides is 1. The van der Waals surface area contributed by atoms with E-state index in [9.17, 15) is 22.3 Å². The first kappa shape index (κ1) is 14.4. The molecule has 19 heavy (non-hydrogen) atoms. The average Bonchev–Trinajstić information content (AvgIpc) is 2.38. The normalized spacial score (nSPS) is 21.5. The molecule has 1 aromatic rings. The number of rotatable bonds is 3. The predicted octanol–water partition coefficient (Wildman–Crippen LogP) is 1.50. The summed E-state index contributed by atoms with van der Waals surface area (Å²) in [5.41, 5.74) is 0. The van der Waals surface area contributed by atoms with E-state index in [0.29, 0.717) is 12.8 Å². The second-order valence-corrected chi connectivity index (χ2v) is 6.33. The number of halogens is 2. The molecule has 0 bridgehead atoms. The van der Waals surface area contributed by atoms with Crippen LogP contribution >= 0.6 is 0 Å². The van der Waals surface area contributed by atoms with Crippen LogP contribution in [0.1, 0.15) is 19.3 Å². The lowest BCUT2D eigenvalue weighted by Crippen LogP contribution is -2.46. The van der Waals surface area contributed by atoms with Crippen LogP contribution in [-0.4, -0.2) is 37.0 Å². The third kappa shape index (κ3) is 2.63. The Hall–Kier alpha value is -1.05. The first-order valence-corrected chi connectivity index (χ1v) is 7.49. The number of hydrogen-bond acceptors (Lipinski definition) is 3. The highest BCUT2D eigenvalue weighted by Gasteiger charge is 2.36. The van der Waals surface area contributed by atoms with E-state index >= 15 is 0 Å². The number of nitrogens with zero attached hydrogens (tertiary/aromatic N) is 1. The molecule has 1 aliphatic heterocycles. The second kappa shape index (κ2) is 5.52. The topological polar surface area (TPSA) is 57.6 Å². The van der Waals surface area contributed by atoms with Gasteiger partial charge in [-0.2, -0.15) is 4.31 Å². The average molecular weight is 291 g/mol. The summed E-state index contributed by atoms with van der Waals surface area (Å²) in [6, 6.07) is 2.32. The van der Waals surface area contributed by atoms with Gasteiger partial charge in [-0.05, 0) is 25.0 Å². The molecule has 7 heteroatoms. The lowest BCUT2D eigenvalue weighted by molar-refractivity contribution is 0.154. The van der Waals surface area contributed by atoms with Gasteiger partial charge in [0.2, 0.25) is 10.0 Å². The molecule has 1 fully saturated rings. The number of piperidine rings is 1. The number of hydrogen-bond donors (Lipinski definition) is 1. The summed E-state index contributed by atoms with van der Waals surface area (Å²) < 4.78 is 52.9. The quantitative estimate of drug-likeness (QED) is 0.918. The molecular formula is C12H15F2NO3S. The van der Waals surface area contributed by atoms with E-state index in [-0.39, 0.29) is 13.2 Å². The minimum atomic E-state index is -4.26. The zero-order chi connectivity index (χ0) is 14.0.